The Morgan fingerprint density at radius 1 is 1.36 bits per heavy atom. The normalized spacial score (nSPS) is 16.7. The van der Waals surface area contributed by atoms with Gasteiger partial charge in [0.15, 0.2) is 11.5 Å². The summed E-state index contributed by atoms with van der Waals surface area (Å²) in [5.74, 6) is 1.45. The van der Waals surface area contributed by atoms with Gasteiger partial charge in [0.25, 0.3) is 11.6 Å². The van der Waals surface area contributed by atoms with Crippen molar-refractivity contribution in [3.8, 4) is 11.5 Å². The van der Waals surface area contributed by atoms with Crippen LogP contribution in [0.3, 0.4) is 0 Å². The highest BCUT2D eigenvalue weighted by Gasteiger charge is 2.36. The van der Waals surface area contributed by atoms with Crippen molar-refractivity contribution < 1.29 is 23.6 Å². The van der Waals surface area contributed by atoms with Gasteiger partial charge in [-0.3, -0.25) is 14.9 Å². The second kappa shape index (κ2) is 8.86. The van der Waals surface area contributed by atoms with Crippen molar-refractivity contribution in [1.82, 2.24) is 10.3 Å². The van der Waals surface area contributed by atoms with Crippen molar-refractivity contribution in [1.29, 1.82) is 0 Å². The van der Waals surface area contributed by atoms with E-state index < -0.39 is 10.8 Å². The van der Waals surface area contributed by atoms with Crippen LogP contribution in [0.15, 0.2) is 33.5 Å². The Balaban J connectivity index is 1.63. The number of aryl methyl sites for hydroxylation is 1. The molecule has 1 amide bonds. The number of nitrogens with zero attached hydrogens (tertiary/aromatic N) is 2. The van der Waals surface area contributed by atoms with Crippen molar-refractivity contribution >= 4 is 22.9 Å². The smallest absolute Gasteiger partial charge is 0.286 e. The highest BCUT2D eigenvalue weighted by Crippen LogP contribution is 2.42. The number of nitrogens with one attached hydrogen (secondary N) is 1. The van der Waals surface area contributed by atoms with Gasteiger partial charge < -0.3 is 19.2 Å². The molecule has 0 fully saturated rings. The first-order valence-electron chi connectivity index (χ1n) is 10.4. The third kappa shape index (κ3) is 4.85. The molecule has 1 aliphatic rings. The molecule has 1 unspecified atom stereocenters. The zero-order chi connectivity index (χ0) is 23.8. The lowest BCUT2D eigenvalue weighted by atomic mass is 9.74. The molecule has 2 heterocycles. The summed E-state index contributed by atoms with van der Waals surface area (Å²) in [5.41, 5.74) is 2.73. The predicted molar refractivity (Wildman–Crippen MR) is 122 cm³/mol. The van der Waals surface area contributed by atoms with Crippen LogP contribution >= 0.6 is 11.3 Å². The second-order valence-electron chi connectivity index (χ2n) is 8.85. The number of amides is 1. The van der Waals surface area contributed by atoms with E-state index in [1.54, 1.807) is 5.51 Å². The Hall–Kier alpha value is -3.40. The maximum atomic E-state index is 13.2. The monoisotopic (exact) mass is 471 g/mol. The average Bonchev–Trinajstić information content (AvgIpc) is 3.39. The number of furan rings is 1. The lowest BCUT2D eigenvalue weighted by Crippen LogP contribution is -2.36. The van der Waals surface area contributed by atoms with Gasteiger partial charge >= 0.3 is 0 Å². The van der Waals surface area contributed by atoms with E-state index in [9.17, 15) is 14.9 Å². The molecule has 0 bridgehead atoms. The first kappa shape index (κ1) is 22.8. The summed E-state index contributed by atoms with van der Waals surface area (Å²) in [7, 11) is 1.42. The van der Waals surface area contributed by atoms with E-state index in [2.05, 4.69) is 24.1 Å². The SMILES string of the molecule is COc1cc(C(=O)NC2CC(C)(C)Cc3oc(C)cc32)c([N+](=O)[O-])cc1OCc1cscn1. The maximum absolute atomic E-state index is 13.2. The number of nitro benzene ring substituents is 1. The average molecular weight is 472 g/mol. The van der Waals surface area contributed by atoms with Crippen LogP contribution in [0, 0.1) is 22.5 Å². The standard InChI is InChI=1S/C23H25N3O6S/c1-13-5-15-17(8-23(2,3)9-21(15)32-13)25-22(27)16-6-19(30-4)20(7-18(16)26(28)29)31-10-14-11-33-12-24-14/h5-7,11-12,17H,8-10H2,1-4H3,(H,25,27). The van der Waals surface area contributed by atoms with Gasteiger partial charge in [-0.25, -0.2) is 4.98 Å². The van der Waals surface area contributed by atoms with Crippen LogP contribution in [0.2, 0.25) is 0 Å². The molecule has 0 saturated carbocycles. The third-order valence-electron chi connectivity index (χ3n) is 5.62. The number of fused-ring (bicyclic) bond motifs is 1. The highest BCUT2D eigenvalue weighted by atomic mass is 32.1. The number of hydrogen-bond donors (Lipinski definition) is 1. The van der Waals surface area contributed by atoms with Gasteiger partial charge in [-0.1, -0.05) is 13.8 Å². The van der Waals surface area contributed by atoms with Gasteiger partial charge in [0.1, 0.15) is 23.7 Å². The molecule has 0 aliphatic heterocycles. The van der Waals surface area contributed by atoms with Crippen molar-refractivity contribution in [2.24, 2.45) is 5.41 Å². The summed E-state index contributed by atoms with van der Waals surface area (Å²) >= 11 is 1.42. The zero-order valence-corrected chi connectivity index (χ0v) is 19.7. The van der Waals surface area contributed by atoms with Gasteiger partial charge in [0.05, 0.1) is 35.3 Å². The van der Waals surface area contributed by atoms with Crippen LogP contribution in [0.1, 0.15) is 59.4 Å². The Kier molecular flexibility index (Phi) is 6.11. The van der Waals surface area contributed by atoms with E-state index in [1.807, 2.05) is 18.4 Å². The van der Waals surface area contributed by atoms with Crippen molar-refractivity contribution in [2.75, 3.05) is 7.11 Å². The molecule has 0 saturated heterocycles. The molecule has 9 nitrogen and oxygen atoms in total. The van der Waals surface area contributed by atoms with Crippen LogP contribution in [0.25, 0.3) is 0 Å². The molecule has 4 rings (SSSR count). The van der Waals surface area contributed by atoms with Gasteiger partial charge in [-0.05, 0) is 24.8 Å². The molecule has 174 valence electrons. The summed E-state index contributed by atoms with van der Waals surface area (Å²) in [6.07, 6.45) is 1.45. The molecule has 0 spiro atoms. The molecule has 10 heteroatoms. The highest BCUT2D eigenvalue weighted by molar-refractivity contribution is 7.07. The summed E-state index contributed by atoms with van der Waals surface area (Å²) in [6, 6.07) is 4.16. The minimum Gasteiger partial charge on any atom is -0.493 e. The molecule has 3 aromatic rings. The molecule has 1 aliphatic carbocycles. The number of aromatic nitrogens is 1. The lowest BCUT2D eigenvalue weighted by Gasteiger charge is -2.34. The minimum absolute atomic E-state index is 0.0910. The van der Waals surface area contributed by atoms with E-state index in [1.165, 1.54) is 30.6 Å². The van der Waals surface area contributed by atoms with Gasteiger partial charge in [0.2, 0.25) is 0 Å². The number of benzene rings is 1. The van der Waals surface area contributed by atoms with Crippen LogP contribution in [0.4, 0.5) is 5.69 Å². The summed E-state index contributed by atoms with van der Waals surface area (Å²) in [5, 5.41) is 16.6. The van der Waals surface area contributed by atoms with E-state index in [-0.39, 0.29) is 40.8 Å². The molecule has 33 heavy (non-hydrogen) atoms. The molecule has 1 aromatic carbocycles. The van der Waals surface area contributed by atoms with E-state index in [0.29, 0.717) is 12.1 Å². The predicted octanol–water partition coefficient (Wildman–Crippen LogP) is 4.98. The molecule has 1 atom stereocenters. The topological polar surface area (TPSA) is 117 Å². The Bertz CT molecular complexity index is 1190. The largest absolute Gasteiger partial charge is 0.493 e. The summed E-state index contributed by atoms with van der Waals surface area (Å²) < 4.78 is 16.9. The van der Waals surface area contributed by atoms with Crippen molar-refractivity contribution in [3.05, 3.63) is 67.5 Å². The van der Waals surface area contributed by atoms with Gasteiger partial charge in [0, 0.05) is 23.4 Å². The lowest BCUT2D eigenvalue weighted by molar-refractivity contribution is -0.385. The zero-order valence-electron chi connectivity index (χ0n) is 18.8. The Morgan fingerprint density at radius 3 is 2.82 bits per heavy atom. The first-order valence-corrected chi connectivity index (χ1v) is 11.4. The van der Waals surface area contributed by atoms with Crippen LogP contribution in [-0.4, -0.2) is 22.9 Å². The van der Waals surface area contributed by atoms with Gasteiger partial charge in [-0.2, -0.15) is 0 Å². The fourth-order valence-electron chi connectivity index (χ4n) is 4.16. The second-order valence-corrected chi connectivity index (χ2v) is 9.57. The maximum Gasteiger partial charge on any atom is 0.286 e. The van der Waals surface area contributed by atoms with E-state index >= 15 is 0 Å². The number of carbonyl (C=O) groups excluding carboxylic acids is 1. The molecule has 0 radical (unpaired) electrons. The van der Waals surface area contributed by atoms with Crippen LogP contribution in [-0.2, 0) is 13.0 Å². The fourth-order valence-corrected chi connectivity index (χ4v) is 4.71. The van der Waals surface area contributed by atoms with Gasteiger partial charge in [-0.15, -0.1) is 11.3 Å². The first-order chi connectivity index (χ1) is 15.7. The van der Waals surface area contributed by atoms with Crippen LogP contribution < -0.4 is 14.8 Å². The number of hydrogen-bond acceptors (Lipinski definition) is 8. The van der Waals surface area contributed by atoms with E-state index in [0.717, 1.165) is 23.5 Å². The van der Waals surface area contributed by atoms with E-state index in [4.69, 9.17) is 13.9 Å². The number of thiazole rings is 1. The molecule has 2 aromatic heterocycles. The molecule has 1 N–H and O–H groups in total. The third-order valence-corrected chi connectivity index (χ3v) is 6.26. The summed E-state index contributed by atoms with van der Waals surface area (Å²) in [4.78, 5) is 28.6. The Labute approximate surface area is 194 Å². The number of methoxy groups -OCH3 is 1. The van der Waals surface area contributed by atoms with Crippen molar-refractivity contribution in [3.63, 3.8) is 0 Å². The van der Waals surface area contributed by atoms with Crippen LogP contribution in [0.5, 0.6) is 11.5 Å². The molecular formula is C23H25N3O6S. The fraction of sp³-hybridized carbons (Fsp3) is 0.391. The molecular weight excluding hydrogens is 446 g/mol. The minimum atomic E-state index is -0.595. The Morgan fingerprint density at radius 2 is 2.15 bits per heavy atom. The number of nitro groups is 1. The summed E-state index contributed by atoms with van der Waals surface area (Å²) in [6.45, 7) is 6.20. The number of rotatable bonds is 7. The number of carbonyl (C=O) groups is 1. The van der Waals surface area contributed by atoms with Crippen molar-refractivity contribution in [2.45, 2.75) is 46.3 Å². The number of ether oxygens (including phenoxy) is 2. The quantitative estimate of drug-likeness (QED) is 0.381.